The quantitative estimate of drug-likeness (QED) is 0.160. The van der Waals surface area contributed by atoms with E-state index < -0.39 is 15.7 Å². The second-order valence-corrected chi connectivity index (χ2v) is 13.1. The van der Waals surface area contributed by atoms with Gasteiger partial charge >= 0.3 is 0 Å². The van der Waals surface area contributed by atoms with Crippen LogP contribution in [-0.4, -0.2) is 93.4 Å². The van der Waals surface area contributed by atoms with Gasteiger partial charge in [0, 0.05) is 24.5 Å². The van der Waals surface area contributed by atoms with Crippen molar-refractivity contribution in [2.45, 2.75) is 57.1 Å². The van der Waals surface area contributed by atoms with Crippen molar-refractivity contribution in [3.8, 4) is 10.4 Å². The van der Waals surface area contributed by atoms with E-state index in [4.69, 9.17) is 10.7 Å². The normalized spacial score (nSPS) is 12.6. The number of aromatic nitrogens is 10. The summed E-state index contributed by atoms with van der Waals surface area (Å²) in [6, 6.07) is -0.463. The number of nitrogens with two attached hydrogens (primary N) is 1. The van der Waals surface area contributed by atoms with Crippen LogP contribution < -0.4 is 11.1 Å². The summed E-state index contributed by atoms with van der Waals surface area (Å²) in [5.41, 5.74) is 7.59. The maximum atomic E-state index is 13.1. The molecule has 5 heterocycles. The first kappa shape index (κ1) is 29.7. The van der Waals surface area contributed by atoms with E-state index in [-0.39, 0.29) is 59.0 Å². The third-order valence-corrected chi connectivity index (χ3v) is 8.83. The summed E-state index contributed by atoms with van der Waals surface area (Å²) >= 11 is 1.31. The number of fused-ring (bicyclic) bond motifs is 1. The van der Waals surface area contributed by atoms with Crippen LogP contribution in [0.25, 0.3) is 16.1 Å². The van der Waals surface area contributed by atoms with Gasteiger partial charge in [-0.25, -0.2) is 18.4 Å². The first-order valence-corrected chi connectivity index (χ1v) is 15.8. The van der Waals surface area contributed by atoms with Crippen LogP contribution in [0, 0.1) is 0 Å². The van der Waals surface area contributed by atoms with E-state index in [2.05, 4.69) is 45.8 Å². The summed E-state index contributed by atoms with van der Waals surface area (Å²) in [5, 5.41) is 22.4. The number of amides is 2. The van der Waals surface area contributed by atoms with Gasteiger partial charge in [0.15, 0.2) is 15.5 Å². The number of carbonyl (C=O) groups excluding carboxylic acids is 2. The number of sulfone groups is 1. The van der Waals surface area contributed by atoms with Crippen LogP contribution in [0.4, 0.5) is 5.82 Å². The molecule has 17 nitrogen and oxygen atoms in total. The van der Waals surface area contributed by atoms with Crippen molar-refractivity contribution in [1.29, 1.82) is 0 Å². The molecule has 5 aromatic rings. The van der Waals surface area contributed by atoms with Crippen LogP contribution >= 0.6 is 11.3 Å². The number of hydrogen-bond acceptors (Lipinski definition) is 13. The summed E-state index contributed by atoms with van der Waals surface area (Å²) in [7, 11) is -3.79. The molecule has 0 aliphatic carbocycles. The van der Waals surface area contributed by atoms with Crippen LogP contribution in [0.3, 0.4) is 0 Å². The lowest BCUT2D eigenvalue weighted by molar-refractivity contribution is 0.0603. The molecule has 43 heavy (non-hydrogen) atoms. The minimum Gasteiger partial charge on any atom is -0.382 e. The number of anilines is 1. The van der Waals surface area contributed by atoms with E-state index in [9.17, 15) is 18.0 Å². The van der Waals surface area contributed by atoms with Gasteiger partial charge in [-0.05, 0) is 33.6 Å². The molecule has 0 saturated carbocycles. The van der Waals surface area contributed by atoms with Crippen LogP contribution in [0.15, 0.2) is 29.9 Å². The number of rotatable bonds is 11. The highest BCUT2D eigenvalue weighted by Crippen LogP contribution is 2.33. The third kappa shape index (κ3) is 6.07. The molecule has 0 radical (unpaired) electrons. The Kier molecular flexibility index (Phi) is 8.18. The van der Waals surface area contributed by atoms with Crippen molar-refractivity contribution in [3.05, 3.63) is 47.4 Å². The largest absolute Gasteiger partial charge is 0.382 e. The minimum atomic E-state index is -3.79. The molecule has 5 N–H and O–H groups in total. The zero-order chi connectivity index (χ0) is 30.9. The summed E-state index contributed by atoms with van der Waals surface area (Å²) < 4.78 is 27.0. The van der Waals surface area contributed by atoms with E-state index in [1.54, 1.807) is 11.1 Å². The van der Waals surface area contributed by atoms with Crippen LogP contribution in [0.1, 0.15) is 59.1 Å². The van der Waals surface area contributed by atoms with Crippen molar-refractivity contribution >= 4 is 44.5 Å². The molecule has 5 aromatic heterocycles. The van der Waals surface area contributed by atoms with Crippen LogP contribution in [0.5, 0.6) is 0 Å². The number of nitrogens with zero attached hydrogens (tertiary/aromatic N) is 9. The van der Waals surface area contributed by atoms with Gasteiger partial charge < -0.3 is 25.9 Å². The molecule has 0 spiro atoms. The molecule has 0 bridgehead atoms. The molecular formula is C24H29N13O4S2. The number of carbonyl (C=O) groups is 2. The lowest BCUT2D eigenvalue weighted by atomic mass is 10.1. The minimum absolute atomic E-state index is 0.0658. The average Bonchev–Trinajstić information content (AvgIpc) is 3.76. The van der Waals surface area contributed by atoms with Crippen LogP contribution in [0.2, 0.25) is 0 Å². The molecule has 0 unspecified atom stereocenters. The maximum absolute atomic E-state index is 13.1. The molecule has 2 amide bonds. The van der Waals surface area contributed by atoms with Gasteiger partial charge in [-0.15, -0.1) is 31.7 Å². The Morgan fingerprint density at radius 3 is 2.44 bits per heavy atom. The fourth-order valence-electron chi connectivity index (χ4n) is 4.73. The van der Waals surface area contributed by atoms with Gasteiger partial charge in [0.2, 0.25) is 11.6 Å². The highest BCUT2D eigenvalue weighted by molar-refractivity contribution is 7.91. The number of H-pyrrole nitrogens is 2. The second kappa shape index (κ2) is 11.8. The fourth-order valence-corrected chi connectivity index (χ4v) is 6.63. The standard InChI is InChI=1S/C24H29N13O4S2/c1-12(2)36(24(39)21-29-11-31-35-21)13(3)5-6-15-18(43(4,40)41)19(25)37-22(33-15)14(7-32-37)16-8-26-17(42-16)9-27-23(38)20-28-10-30-34-20/h7-8,10-13H,5-6,9,25H2,1-4H3,(H,27,38)(H,28,30,34)(H,29,31,35)/t13-/m1/s1. The van der Waals surface area contributed by atoms with Gasteiger partial charge in [-0.1, -0.05) is 0 Å². The molecule has 226 valence electrons. The second-order valence-electron chi connectivity index (χ2n) is 10.0. The Morgan fingerprint density at radius 1 is 1.12 bits per heavy atom. The van der Waals surface area contributed by atoms with E-state index >= 15 is 0 Å². The molecule has 5 rings (SSSR count). The smallest absolute Gasteiger partial charge is 0.292 e. The maximum Gasteiger partial charge on any atom is 0.292 e. The lowest BCUT2D eigenvalue weighted by Gasteiger charge is -2.32. The zero-order valence-corrected chi connectivity index (χ0v) is 25.3. The number of aromatic amines is 2. The third-order valence-electron chi connectivity index (χ3n) is 6.61. The average molecular weight is 628 g/mol. The Hall–Kier alpha value is -4.78. The van der Waals surface area contributed by atoms with Gasteiger partial charge in [-0.2, -0.15) is 9.61 Å². The summed E-state index contributed by atoms with van der Waals surface area (Å²) in [5.74, 6) is -0.607. The van der Waals surface area contributed by atoms with Crippen LogP contribution in [-0.2, 0) is 22.8 Å². The number of nitrogen functional groups attached to an aromatic ring is 1. The predicted molar refractivity (Wildman–Crippen MR) is 155 cm³/mol. The molecule has 0 fully saturated rings. The van der Waals surface area contributed by atoms with Gasteiger partial charge in [-0.3, -0.25) is 9.59 Å². The van der Waals surface area contributed by atoms with Crippen molar-refractivity contribution in [3.63, 3.8) is 0 Å². The van der Waals surface area contributed by atoms with E-state index in [0.717, 1.165) is 6.26 Å². The Bertz CT molecular complexity index is 1860. The Morgan fingerprint density at radius 2 is 1.81 bits per heavy atom. The molecule has 0 aromatic carbocycles. The van der Waals surface area contributed by atoms with Crippen molar-refractivity contribution in [2.24, 2.45) is 0 Å². The highest BCUT2D eigenvalue weighted by atomic mass is 32.2. The number of nitrogens with one attached hydrogen (secondary N) is 3. The van der Waals surface area contributed by atoms with E-state index in [1.165, 1.54) is 34.7 Å². The molecule has 1 atom stereocenters. The van der Waals surface area contributed by atoms with E-state index in [1.807, 2.05) is 20.8 Å². The summed E-state index contributed by atoms with van der Waals surface area (Å²) in [6.07, 6.45) is 7.48. The SMILES string of the molecule is CC(C)N(C(=O)c1nnc[nH]1)[C@H](C)CCc1nc2c(-c3cnc(CNC(=O)c4nnc[nH]4)s3)cnn2c(N)c1S(C)(=O)=O. The van der Waals surface area contributed by atoms with Gasteiger partial charge in [0.1, 0.15) is 28.4 Å². The Labute approximate surface area is 249 Å². The first-order chi connectivity index (χ1) is 20.5. The monoisotopic (exact) mass is 627 g/mol. The first-order valence-electron chi connectivity index (χ1n) is 13.1. The zero-order valence-electron chi connectivity index (χ0n) is 23.6. The van der Waals surface area contributed by atoms with E-state index in [0.29, 0.717) is 27.5 Å². The van der Waals surface area contributed by atoms with Crippen molar-refractivity contribution in [2.75, 3.05) is 12.0 Å². The van der Waals surface area contributed by atoms with Crippen molar-refractivity contribution in [1.82, 2.24) is 60.2 Å². The molecule has 0 aliphatic rings. The topological polar surface area (TPSA) is 236 Å². The van der Waals surface area contributed by atoms with Gasteiger partial charge in [0.25, 0.3) is 11.8 Å². The van der Waals surface area contributed by atoms with Gasteiger partial charge in [0.05, 0.1) is 28.9 Å². The lowest BCUT2D eigenvalue weighted by Crippen LogP contribution is -2.44. The number of hydrogen-bond donors (Lipinski definition) is 4. The molecule has 0 aliphatic heterocycles. The summed E-state index contributed by atoms with van der Waals surface area (Å²) in [4.78, 5) is 42.0. The van der Waals surface area contributed by atoms with Crippen molar-refractivity contribution < 1.29 is 18.0 Å². The number of aryl methyl sites for hydroxylation is 1. The highest BCUT2D eigenvalue weighted by Gasteiger charge is 2.29. The molecule has 0 saturated heterocycles. The summed E-state index contributed by atoms with van der Waals surface area (Å²) in [6.45, 7) is 5.80. The Balaban J connectivity index is 1.43. The predicted octanol–water partition coefficient (Wildman–Crippen LogP) is 0.877. The number of thiazole rings is 1. The molecule has 19 heteroatoms. The molecular weight excluding hydrogens is 598 g/mol. The fraction of sp³-hybridized carbons (Fsp3) is 0.375.